The van der Waals surface area contributed by atoms with Crippen LogP contribution in [0.5, 0.6) is 0 Å². The third-order valence-corrected chi connectivity index (χ3v) is 3.34. The van der Waals surface area contributed by atoms with Crippen LogP contribution in [-0.2, 0) is 4.79 Å². The van der Waals surface area contributed by atoms with Crippen molar-refractivity contribution >= 4 is 17.1 Å². The van der Waals surface area contributed by atoms with Gasteiger partial charge in [-0.1, -0.05) is 6.07 Å². The minimum atomic E-state index is -1.41. The highest BCUT2D eigenvalue weighted by atomic mass is 32.1. The van der Waals surface area contributed by atoms with Gasteiger partial charge < -0.3 is 10.2 Å². The van der Waals surface area contributed by atoms with E-state index in [0.29, 0.717) is 0 Å². The van der Waals surface area contributed by atoms with Crippen LogP contribution >= 0.6 is 11.3 Å². The second-order valence-corrected chi connectivity index (χ2v) is 4.31. The summed E-state index contributed by atoms with van der Waals surface area (Å²) < 4.78 is 0. The van der Waals surface area contributed by atoms with E-state index in [1.165, 1.54) is 23.5 Å². The molecule has 0 fully saturated rings. The number of allylic oxidation sites excluding steroid dienone is 1. The van der Waals surface area contributed by atoms with Crippen molar-refractivity contribution in [1.82, 2.24) is 0 Å². The summed E-state index contributed by atoms with van der Waals surface area (Å²) in [6, 6.07) is 3.62. The van der Waals surface area contributed by atoms with E-state index < -0.39 is 18.1 Å². The molecule has 0 amide bonds. The first kappa shape index (κ1) is 9.58. The Morgan fingerprint density at radius 1 is 1.57 bits per heavy atom. The first-order valence-corrected chi connectivity index (χ1v) is 5.15. The third-order valence-electron chi connectivity index (χ3n) is 2.40. The van der Waals surface area contributed by atoms with Crippen LogP contribution < -0.4 is 0 Å². The molecule has 0 aromatic carbocycles. The molecule has 1 aromatic rings. The number of aliphatic hydroxyl groups is 2. The smallest absolute Gasteiger partial charge is 0.167 e. The Morgan fingerprint density at radius 3 is 2.93 bits per heavy atom. The Bertz CT molecular complexity index is 369. The topological polar surface area (TPSA) is 57.5 Å². The van der Waals surface area contributed by atoms with Crippen molar-refractivity contribution in [3.63, 3.8) is 0 Å². The maximum absolute atomic E-state index is 11.5. The van der Waals surface area contributed by atoms with Crippen LogP contribution in [-0.4, -0.2) is 28.2 Å². The van der Waals surface area contributed by atoms with Crippen LogP contribution in [0.2, 0.25) is 0 Å². The zero-order valence-corrected chi connectivity index (χ0v) is 8.20. The van der Waals surface area contributed by atoms with E-state index in [2.05, 4.69) is 0 Å². The highest BCUT2D eigenvalue weighted by Crippen LogP contribution is 2.37. The fourth-order valence-corrected chi connectivity index (χ4v) is 2.58. The molecule has 2 rings (SSSR count). The summed E-state index contributed by atoms with van der Waals surface area (Å²) in [6.45, 7) is -0.433. The lowest BCUT2D eigenvalue weighted by Gasteiger charge is -2.24. The highest BCUT2D eigenvalue weighted by molar-refractivity contribution is 7.10. The van der Waals surface area contributed by atoms with E-state index in [-0.39, 0.29) is 5.78 Å². The van der Waals surface area contributed by atoms with E-state index in [0.717, 1.165) is 4.88 Å². The molecule has 74 valence electrons. The van der Waals surface area contributed by atoms with Gasteiger partial charge in [0.25, 0.3) is 0 Å². The van der Waals surface area contributed by atoms with Gasteiger partial charge in [0, 0.05) is 4.88 Å². The molecule has 0 saturated heterocycles. The van der Waals surface area contributed by atoms with Crippen molar-refractivity contribution in [2.24, 2.45) is 0 Å². The summed E-state index contributed by atoms with van der Waals surface area (Å²) in [5.74, 6) is -0.781. The predicted octanol–water partition coefficient (Wildman–Crippen LogP) is 0.694. The zero-order valence-electron chi connectivity index (χ0n) is 7.38. The number of carbonyl (C=O) groups excluding carboxylic acids is 1. The van der Waals surface area contributed by atoms with Gasteiger partial charge in [0.1, 0.15) is 5.60 Å². The predicted molar refractivity (Wildman–Crippen MR) is 53.2 cm³/mol. The van der Waals surface area contributed by atoms with Crippen LogP contribution in [0.4, 0.5) is 0 Å². The number of carbonyl (C=O) groups is 1. The van der Waals surface area contributed by atoms with Crippen molar-refractivity contribution in [3.8, 4) is 0 Å². The average Bonchev–Trinajstić information content (AvgIpc) is 2.75. The van der Waals surface area contributed by atoms with E-state index in [4.69, 9.17) is 5.11 Å². The van der Waals surface area contributed by atoms with Crippen LogP contribution in [0.25, 0.3) is 0 Å². The number of ketones is 1. The van der Waals surface area contributed by atoms with Gasteiger partial charge in [0.15, 0.2) is 5.78 Å². The van der Waals surface area contributed by atoms with E-state index in [1.54, 1.807) is 6.07 Å². The molecule has 4 heteroatoms. The molecule has 3 nitrogen and oxygen atoms in total. The Kier molecular flexibility index (Phi) is 2.26. The number of thiophene rings is 1. The van der Waals surface area contributed by atoms with Gasteiger partial charge in [-0.2, -0.15) is 0 Å². The number of aliphatic hydroxyl groups excluding tert-OH is 1. The lowest BCUT2D eigenvalue weighted by molar-refractivity contribution is -0.119. The second kappa shape index (κ2) is 3.31. The van der Waals surface area contributed by atoms with E-state index >= 15 is 0 Å². The Balaban J connectivity index is 2.39. The first-order chi connectivity index (χ1) is 6.67. The molecule has 1 aliphatic rings. The molecule has 1 aliphatic carbocycles. The third kappa shape index (κ3) is 1.32. The molecule has 0 aliphatic heterocycles. The molecule has 0 radical (unpaired) electrons. The molecule has 14 heavy (non-hydrogen) atoms. The summed E-state index contributed by atoms with van der Waals surface area (Å²) in [5.41, 5.74) is -1.41. The Morgan fingerprint density at radius 2 is 2.36 bits per heavy atom. The molecular weight excluding hydrogens is 200 g/mol. The molecule has 1 aromatic heterocycles. The Labute approximate surface area is 85.3 Å². The summed E-state index contributed by atoms with van der Waals surface area (Å²) in [7, 11) is 0. The molecule has 0 bridgehead atoms. The van der Waals surface area contributed by atoms with Gasteiger partial charge in [0.2, 0.25) is 0 Å². The average molecular weight is 210 g/mol. The number of hydrogen-bond acceptors (Lipinski definition) is 4. The normalized spacial score (nSPS) is 31.3. The fraction of sp³-hybridized carbons (Fsp3) is 0.300. The van der Waals surface area contributed by atoms with E-state index in [9.17, 15) is 9.90 Å². The number of rotatable bonds is 2. The van der Waals surface area contributed by atoms with Gasteiger partial charge in [0.05, 0.1) is 12.5 Å². The van der Waals surface area contributed by atoms with Crippen molar-refractivity contribution in [2.45, 2.75) is 11.5 Å². The van der Waals surface area contributed by atoms with Crippen molar-refractivity contribution in [3.05, 3.63) is 34.5 Å². The molecule has 1 heterocycles. The van der Waals surface area contributed by atoms with Crippen molar-refractivity contribution < 1.29 is 15.0 Å². The lowest BCUT2D eigenvalue weighted by atomic mass is 9.89. The minimum absolute atomic E-state index is 0.149. The standard InChI is InChI=1S/C10H10O3S/c11-6-10(13)4-3-7(12)9(10)8-2-1-5-14-8/h1-5,9,11,13H,6H2/t9?,10-/m1/s1. The Hall–Kier alpha value is -0.970. The second-order valence-electron chi connectivity index (χ2n) is 3.33. The molecule has 0 saturated carbocycles. The summed E-state index contributed by atoms with van der Waals surface area (Å²) in [4.78, 5) is 12.3. The van der Waals surface area contributed by atoms with E-state index in [1.807, 2.05) is 11.4 Å². The van der Waals surface area contributed by atoms with Crippen molar-refractivity contribution in [2.75, 3.05) is 6.61 Å². The highest BCUT2D eigenvalue weighted by Gasteiger charge is 2.43. The van der Waals surface area contributed by atoms with Crippen LogP contribution in [0, 0.1) is 0 Å². The van der Waals surface area contributed by atoms with Gasteiger partial charge in [-0.15, -0.1) is 11.3 Å². The molecule has 2 atom stereocenters. The van der Waals surface area contributed by atoms with Gasteiger partial charge in [-0.05, 0) is 23.6 Å². The summed E-state index contributed by atoms with van der Waals surface area (Å²) >= 11 is 1.41. The van der Waals surface area contributed by atoms with Crippen LogP contribution in [0.1, 0.15) is 10.8 Å². The zero-order chi connectivity index (χ0) is 10.2. The summed E-state index contributed by atoms with van der Waals surface area (Å²) in [5, 5.41) is 20.9. The summed E-state index contributed by atoms with van der Waals surface area (Å²) in [6.07, 6.45) is 2.71. The molecular formula is C10H10O3S. The fourth-order valence-electron chi connectivity index (χ4n) is 1.65. The SMILES string of the molecule is O=C1C=C[C@@](O)(CO)C1c1cccs1. The first-order valence-electron chi connectivity index (χ1n) is 4.27. The largest absolute Gasteiger partial charge is 0.393 e. The molecule has 1 unspecified atom stereocenters. The molecule has 0 spiro atoms. The van der Waals surface area contributed by atoms with Gasteiger partial charge in [-0.25, -0.2) is 0 Å². The maximum Gasteiger partial charge on any atom is 0.167 e. The minimum Gasteiger partial charge on any atom is -0.393 e. The monoisotopic (exact) mass is 210 g/mol. The van der Waals surface area contributed by atoms with Crippen LogP contribution in [0.15, 0.2) is 29.7 Å². The quantitative estimate of drug-likeness (QED) is 0.755. The maximum atomic E-state index is 11.5. The number of hydrogen-bond donors (Lipinski definition) is 2. The van der Waals surface area contributed by atoms with Gasteiger partial charge in [-0.3, -0.25) is 4.79 Å². The van der Waals surface area contributed by atoms with Crippen molar-refractivity contribution in [1.29, 1.82) is 0 Å². The molecule has 2 N–H and O–H groups in total. The van der Waals surface area contributed by atoms with Crippen LogP contribution in [0.3, 0.4) is 0 Å². The van der Waals surface area contributed by atoms with Gasteiger partial charge >= 0.3 is 0 Å². The lowest BCUT2D eigenvalue weighted by Crippen LogP contribution is -2.37.